The molecule has 0 bridgehead atoms. The van der Waals surface area contributed by atoms with Crippen LogP contribution in [0.15, 0.2) is 48.8 Å². The van der Waals surface area contributed by atoms with Crippen LogP contribution < -0.4 is 10.1 Å². The minimum atomic E-state index is -0.217. The molecule has 178 valence electrons. The molecule has 2 aliphatic rings. The molecule has 1 N–H and O–H groups in total. The first kappa shape index (κ1) is 23.7. The fraction of sp³-hybridized carbons (Fsp3) is 0.571. The summed E-state index contributed by atoms with van der Waals surface area (Å²) in [6, 6.07) is 12.7. The van der Waals surface area contributed by atoms with Crippen LogP contribution in [0, 0.1) is 5.41 Å². The third kappa shape index (κ3) is 6.14. The van der Waals surface area contributed by atoms with Crippen molar-refractivity contribution >= 4 is 5.91 Å². The predicted octanol–water partition coefficient (Wildman–Crippen LogP) is 4.97. The normalized spacial score (nSPS) is 20.2. The number of amides is 1. The maximum atomic E-state index is 13.3. The summed E-state index contributed by atoms with van der Waals surface area (Å²) in [7, 11) is 1.76. The van der Waals surface area contributed by atoms with Gasteiger partial charge in [0.05, 0.1) is 7.11 Å². The van der Waals surface area contributed by atoms with Crippen LogP contribution in [-0.2, 0) is 11.2 Å². The Morgan fingerprint density at radius 2 is 1.82 bits per heavy atom. The summed E-state index contributed by atoms with van der Waals surface area (Å²) in [4.78, 5) is 20.0. The van der Waals surface area contributed by atoms with Gasteiger partial charge in [0.25, 0.3) is 0 Å². The summed E-state index contributed by atoms with van der Waals surface area (Å²) >= 11 is 0. The highest BCUT2D eigenvalue weighted by Gasteiger charge is 2.36. The Labute approximate surface area is 198 Å². The van der Waals surface area contributed by atoms with E-state index in [1.807, 2.05) is 18.5 Å². The second-order valence-corrected chi connectivity index (χ2v) is 10.2. The van der Waals surface area contributed by atoms with Gasteiger partial charge in [0, 0.05) is 30.4 Å². The third-order valence-corrected chi connectivity index (χ3v) is 7.72. The molecule has 1 aromatic carbocycles. The summed E-state index contributed by atoms with van der Waals surface area (Å²) in [5.74, 6) is 1.77. The van der Waals surface area contributed by atoms with Gasteiger partial charge in [-0.05, 0) is 80.4 Å². The first-order chi connectivity index (χ1) is 16.1. The van der Waals surface area contributed by atoms with Crippen molar-refractivity contribution in [1.82, 2.24) is 15.2 Å². The first-order valence-corrected chi connectivity index (χ1v) is 12.6. The predicted molar refractivity (Wildman–Crippen MR) is 132 cm³/mol. The number of ether oxygens (including phenoxy) is 1. The number of likely N-dealkylation sites (tertiary alicyclic amines) is 1. The smallest absolute Gasteiger partial charge is 0.226 e. The van der Waals surface area contributed by atoms with Crippen molar-refractivity contribution < 1.29 is 9.53 Å². The average molecular weight is 450 g/mol. The number of aromatic nitrogens is 1. The fourth-order valence-corrected chi connectivity index (χ4v) is 5.63. The monoisotopic (exact) mass is 449 g/mol. The number of methoxy groups -OCH3 is 1. The Balaban J connectivity index is 1.39. The molecule has 1 aliphatic heterocycles. The van der Waals surface area contributed by atoms with Crippen molar-refractivity contribution in [3.8, 4) is 5.75 Å². The molecule has 2 aromatic rings. The maximum Gasteiger partial charge on any atom is 0.226 e. The van der Waals surface area contributed by atoms with E-state index in [2.05, 4.69) is 52.5 Å². The van der Waals surface area contributed by atoms with E-state index in [-0.39, 0.29) is 17.4 Å². The molecular weight excluding hydrogens is 410 g/mol. The van der Waals surface area contributed by atoms with Gasteiger partial charge in [0.15, 0.2) is 0 Å². The number of hydrogen-bond acceptors (Lipinski definition) is 4. The SMILES string of the molecule is COc1ccccc1C1CCN(C[C@@H](Cc2ccncc2)NC(=O)C2(C)CCCCC2)CC1. The Kier molecular flexibility index (Phi) is 8.02. The number of pyridine rings is 1. The highest BCUT2D eigenvalue weighted by Crippen LogP contribution is 2.36. The number of rotatable bonds is 8. The number of piperidine rings is 1. The molecule has 0 spiro atoms. The van der Waals surface area contributed by atoms with Crippen molar-refractivity contribution in [2.45, 2.75) is 70.3 Å². The highest BCUT2D eigenvalue weighted by atomic mass is 16.5. The van der Waals surface area contributed by atoms with Crippen molar-refractivity contribution in [2.24, 2.45) is 5.41 Å². The van der Waals surface area contributed by atoms with E-state index in [9.17, 15) is 4.79 Å². The van der Waals surface area contributed by atoms with E-state index in [1.165, 1.54) is 17.5 Å². The lowest BCUT2D eigenvalue weighted by Crippen LogP contribution is -2.51. The van der Waals surface area contributed by atoms with Gasteiger partial charge < -0.3 is 15.0 Å². The van der Waals surface area contributed by atoms with E-state index in [0.717, 1.165) is 70.3 Å². The average Bonchev–Trinajstić information content (AvgIpc) is 2.85. The van der Waals surface area contributed by atoms with E-state index in [1.54, 1.807) is 7.11 Å². The van der Waals surface area contributed by atoms with Gasteiger partial charge >= 0.3 is 0 Å². The minimum absolute atomic E-state index is 0.112. The molecule has 1 atom stereocenters. The molecule has 5 nitrogen and oxygen atoms in total. The fourth-order valence-electron chi connectivity index (χ4n) is 5.63. The zero-order valence-corrected chi connectivity index (χ0v) is 20.3. The minimum Gasteiger partial charge on any atom is -0.496 e. The number of carbonyl (C=O) groups excluding carboxylic acids is 1. The summed E-state index contributed by atoms with van der Waals surface area (Å²) in [6.45, 7) is 5.14. The molecule has 33 heavy (non-hydrogen) atoms. The molecule has 5 heteroatoms. The largest absolute Gasteiger partial charge is 0.496 e. The van der Waals surface area contributed by atoms with Crippen molar-refractivity contribution in [2.75, 3.05) is 26.7 Å². The van der Waals surface area contributed by atoms with Gasteiger partial charge in [0.2, 0.25) is 5.91 Å². The van der Waals surface area contributed by atoms with E-state index >= 15 is 0 Å². The first-order valence-electron chi connectivity index (χ1n) is 12.6. The van der Waals surface area contributed by atoms with Crippen LogP contribution in [0.4, 0.5) is 0 Å². The van der Waals surface area contributed by atoms with Crippen LogP contribution >= 0.6 is 0 Å². The van der Waals surface area contributed by atoms with Crippen molar-refractivity contribution in [3.05, 3.63) is 59.9 Å². The Bertz CT molecular complexity index is 887. The van der Waals surface area contributed by atoms with Crippen LogP contribution in [-0.4, -0.2) is 48.6 Å². The lowest BCUT2D eigenvalue weighted by Gasteiger charge is -2.37. The van der Waals surface area contributed by atoms with Crippen molar-refractivity contribution in [3.63, 3.8) is 0 Å². The number of para-hydroxylation sites is 1. The second kappa shape index (κ2) is 11.1. The number of hydrogen-bond donors (Lipinski definition) is 1. The van der Waals surface area contributed by atoms with Crippen LogP contribution in [0.25, 0.3) is 0 Å². The molecule has 2 heterocycles. The quantitative estimate of drug-likeness (QED) is 0.618. The number of nitrogens with zero attached hydrogens (tertiary/aromatic N) is 2. The topological polar surface area (TPSA) is 54.5 Å². The van der Waals surface area contributed by atoms with Crippen LogP contribution in [0.1, 0.15) is 68.9 Å². The van der Waals surface area contributed by atoms with Gasteiger partial charge in [-0.15, -0.1) is 0 Å². The zero-order valence-electron chi connectivity index (χ0n) is 20.3. The van der Waals surface area contributed by atoms with E-state index in [4.69, 9.17) is 4.74 Å². The molecular formula is C28H39N3O2. The lowest BCUT2D eigenvalue weighted by atomic mass is 9.75. The lowest BCUT2D eigenvalue weighted by molar-refractivity contribution is -0.132. The summed E-state index contributed by atoms with van der Waals surface area (Å²) in [5.41, 5.74) is 2.34. The molecule has 1 saturated carbocycles. The van der Waals surface area contributed by atoms with E-state index in [0.29, 0.717) is 5.92 Å². The van der Waals surface area contributed by atoms with Gasteiger partial charge in [-0.25, -0.2) is 0 Å². The molecule has 0 unspecified atom stereocenters. The Hall–Kier alpha value is -2.40. The third-order valence-electron chi connectivity index (χ3n) is 7.72. The molecule has 1 amide bonds. The molecule has 1 saturated heterocycles. The molecule has 0 radical (unpaired) electrons. The number of carbonyl (C=O) groups is 1. The molecule has 4 rings (SSSR count). The number of benzene rings is 1. The molecule has 1 aromatic heterocycles. The summed E-state index contributed by atoms with van der Waals surface area (Å²) in [6.07, 6.45) is 12.4. The molecule has 1 aliphatic carbocycles. The van der Waals surface area contributed by atoms with E-state index < -0.39 is 0 Å². The number of nitrogens with one attached hydrogen (secondary N) is 1. The van der Waals surface area contributed by atoms with Gasteiger partial charge in [0.1, 0.15) is 5.75 Å². The Morgan fingerprint density at radius 3 is 2.52 bits per heavy atom. The zero-order chi connectivity index (χ0) is 23.1. The summed E-state index contributed by atoms with van der Waals surface area (Å²) < 4.78 is 5.60. The van der Waals surface area contributed by atoms with Crippen LogP contribution in [0.5, 0.6) is 5.75 Å². The van der Waals surface area contributed by atoms with Gasteiger partial charge in [-0.3, -0.25) is 9.78 Å². The molecule has 2 fully saturated rings. The standard InChI is InChI=1S/C28H39N3O2/c1-28(14-6-3-7-15-28)27(32)30-24(20-22-10-16-29-17-11-22)21-31-18-12-23(13-19-31)25-8-4-5-9-26(25)33-2/h4-5,8-11,16-17,23-24H,3,6-7,12-15,18-21H2,1-2H3,(H,30,32)/t24-/m1/s1. The van der Waals surface area contributed by atoms with Gasteiger partial charge in [-0.2, -0.15) is 0 Å². The van der Waals surface area contributed by atoms with Gasteiger partial charge in [-0.1, -0.05) is 44.4 Å². The highest BCUT2D eigenvalue weighted by molar-refractivity contribution is 5.82. The maximum absolute atomic E-state index is 13.3. The van der Waals surface area contributed by atoms with Crippen LogP contribution in [0.3, 0.4) is 0 Å². The second-order valence-electron chi connectivity index (χ2n) is 10.2. The van der Waals surface area contributed by atoms with Crippen molar-refractivity contribution in [1.29, 1.82) is 0 Å². The summed E-state index contributed by atoms with van der Waals surface area (Å²) in [5, 5.41) is 3.46. The Morgan fingerprint density at radius 1 is 1.12 bits per heavy atom. The van der Waals surface area contributed by atoms with Crippen LogP contribution in [0.2, 0.25) is 0 Å².